The molecule has 22 heteroatoms. The number of fused-ring (bicyclic) bond motifs is 2. The number of halogens is 7. The smallest absolute Gasteiger partial charge is 0.307 e. The Morgan fingerprint density at radius 1 is 0.541 bits per heavy atom. The summed E-state index contributed by atoms with van der Waals surface area (Å²) in [7, 11) is 0. The predicted molar refractivity (Wildman–Crippen MR) is 375 cm³/mol. The zero-order chi connectivity index (χ0) is 60.6. The second kappa shape index (κ2) is 42.2. The minimum Gasteiger partial charge on any atom is -0.494 e. The quantitative estimate of drug-likeness (QED) is 0.0315. The number of hydrogen-bond acceptors (Lipinski definition) is 12. The summed E-state index contributed by atoms with van der Waals surface area (Å²) < 4.78 is 17.5. The Kier molecular flexibility index (Phi) is 37.1. The summed E-state index contributed by atoms with van der Waals surface area (Å²) in [4.78, 5) is 59.1. The summed E-state index contributed by atoms with van der Waals surface area (Å²) >= 11 is 29.4. The second-order valence-electron chi connectivity index (χ2n) is 21.3. The molecule has 4 aliphatic heterocycles. The number of carbonyl (C=O) groups is 4. The number of carboxylic acids is 1. The van der Waals surface area contributed by atoms with Crippen molar-refractivity contribution < 1.29 is 43.6 Å². The van der Waals surface area contributed by atoms with E-state index in [0.717, 1.165) is 156 Å². The van der Waals surface area contributed by atoms with Crippen molar-refractivity contribution >= 4 is 154 Å². The van der Waals surface area contributed by atoms with Crippen molar-refractivity contribution in [3.8, 4) is 11.5 Å². The minimum absolute atomic E-state index is 0. The number of aryl methyl sites for hydroxylation is 2. The lowest BCUT2D eigenvalue weighted by molar-refractivity contribution is -0.144. The molecular weight excluding hydrogens is 1510 g/mol. The Bertz CT molecular complexity index is 2650. The molecule has 2 fully saturated rings. The Balaban J connectivity index is 0.000000338. The van der Waals surface area contributed by atoms with Gasteiger partial charge in [-0.15, -0.1) is 24.0 Å². The molecule has 15 nitrogen and oxygen atoms in total. The number of aliphatic hydroxyl groups excluding tert-OH is 1. The van der Waals surface area contributed by atoms with E-state index >= 15 is 0 Å². The molecule has 2 saturated heterocycles. The van der Waals surface area contributed by atoms with Crippen molar-refractivity contribution in [2.75, 3.05) is 112 Å². The molecular formula is C63H87Cl4I3N6O9. The van der Waals surface area contributed by atoms with Crippen LogP contribution in [-0.4, -0.2) is 136 Å². The maximum absolute atomic E-state index is 12.8. The fourth-order valence-corrected chi connectivity index (χ4v) is 11.3. The number of piperazine rings is 2. The summed E-state index contributed by atoms with van der Waals surface area (Å²) in [5.41, 5.74) is 5.73. The van der Waals surface area contributed by atoms with Gasteiger partial charge in [0, 0.05) is 127 Å². The van der Waals surface area contributed by atoms with Crippen LogP contribution in [0.15, 0.2) is 72.8 Å². The number of anilines is 4. The molecule has 0 saturated carbocycles. The molecule has 85 heavy (non-hydrogen) atoms. The molecule has 2 N–H and O–H groups in total. The first-order valence-corrected chi connectivity index (χ1v) is 37.7. The molecule has 0 bridgehead atoms. The Labute approximate surface area is 565 Å². The molecule has 8 rings (SSSR count). The average Bonchev–Trinajstić information content (AvgIpc) is 3.63. The number of hydrogen-bond donors (Lipinski definition) is 2. The third-order valence-electron chi connectivity index (χ3n) is 15.4. The SMILES string of the molecule is CCC(=O)O.CCCCCCCCCCCC(=O)OCN1C(=O)CCc2ccc(OCCCCN3CCN(c4cccc(Cl)c4Cl)CC3)cc21.I.II.O=C1CCc2ccc(OCCCCN3CCN(c4cccc(Cl)c4Cl)CC3)cc2N1CO. The summed E-state index contributed by atoms with van der Waals surface area (Å²) in [6, 6.07) is 23.3. The number of esters is 1. The molecule has 0 atom stereocenters. The van der Waals surface area contributed by atoms with Crippen LogP contribution in [0.3, 0.4) is 0 Å². The maximum atomic E-state index is 12.8. The molecule has 0 radical (unpaired) electrons. The van der Waals surface area contributed by atoms with Crippen LogP contribution in [-0.2, 0) is 36.8 Å². The predicted octanol–water partition coefficient (Wildman–Crippen LogP) is 15.7. The number of aliphatic hydroxyl groups is 1. The van der Waals surface area contributed by atoms with Gasteiger partial charge in [-0.25, -0.2) is 0 Å². The van der Waals surface area contributed by atoms with E-state index in [-0.39, 0.29) is 61.6 Å². The average molecular weight is 1590 g/mol. The van der Waals surface area contributed by atoms with E-state index in [4.69, 9.17) is 65.7 Å². The molecule has 4 heterocycles. The fraction of sp³-hybridized carbons (Fsp3) is 0.556. The van der Waals surface area contributed by atoms with Gasteiger partial charge in [-0.1, -0.05) is 136 Å². The van der Waals surface area contributed by atoms with E-state index < -0.39 is 5.97 Å². The van der Waals surface area contributed by atoms with Gasteiger partial charge in [0.25, 0.3) is 0 Å². The van der Waals surface area contributed by atoms with E-state index in [2.05, 4.69) is 63.8 Å². The highest BCUT2D eigenvalue weighted by Gasteiger charge is 2.27. The molecule has 4 aromatic carbocycles. The van der Waals surface area contributed by atoms with Crippen LogP contribution in [0.4, 0.5) is 22.7 Å². The Morgan fingerprint density at radius 2 is 0.965 bits per heavy atom. The standard InChI is InChI=1S/C36H51Cl2N3O4.C24H29Cl2N3O3.C3H6O2.I2.HI/c1-2-3-4-5-6-7-8-9-10-16-35(43)45-28-41-33-27-30(19-17-29(33)18-20-34(41)42)44-26-12-11-21-39-22-24-40(25-23-39)32-15-13-14-31(37)36(32)38;25-20-4-3-5-21(24(20)26)28-13-11-27(12-14-28)10-1-2-15-32-19-8-6-18-7-9-23(31)29(17-30)22(18)16-19;1-2-3(4)5;1-2;/h13-15,17,19,27H,2-12,16,18,20-26,28H2,1H3;3-6,8,16,30H,1-2,7,9-15,17H2;2H2,1H3,(H,4,5);;1H. The first-order chi connectivity index (χ1) is 40.8. The second-order valence-corrected chi connectivity index (χ2v) is 22.8. The lowest BCUT2D eigenvalue weighted by Crippen LogP contribution is -2.46. The van der Waals surface area contributed by atoms with E-state index in [1.165, 1.54) is 43.4 Å². The van der Waals surface area contributed by atoms with Crippen molar-refractivity contribution in [2.45, 2.75) is 136 Å². The van der Waals surface area contributed by atoms with Crippen LogP contribution < -0.4 is 29.1 Å². The zero-order valence-electron chi connectivity index (χ0n) is 49.4. The molecule has 0 spiro atoms. The molecule has 4 aliphatic rings. The van der Waals surface area contributed by atoms with Crippen LogP contribution in [0.25, 0.3) is 0 Å². The number of benzene rings is 4. The molecule has 0 unspecified atom stereocenters. The van der Waals surface area contributed by atoms with Crippen LogP contribution in [0.5, 0.6) is 11.5 Å². The van der Waals surface area contributed by atoms with E-state index in [9.17, 15) is 24.3 Å². The van der Waals surface area contributed by atoms with Gasteiger partial charge < -0.3 is 34.2 Å². The Hall–Kier alpha value is -2.81. The number of unbranched alkanes of at least 4 members (excludes halogenated alkanes) is 10. The third kappa shape index (κ3) is 25.5. The molecule has 472 valence electrons. The van der Waals surface area contributed by atoms with Crippen molar-refractivity contribution in [1.29, 1.82) is 0 Å². The number of amides is 2. The van der Waals surface area contributed by atoms with Gasteiger partial charge in [-0.05, 0) is 106 Å². The number of ether oxygens (including phenoxy) is 3. The highest BCUT2D eigenvalue weighted by molar-refractivity contribution is 15.0. The van der Waals surface area contributed by atoms with Gasteiger partial charge in [-0.3, -0.25) is 38.8 Å². The summed E-state index contributed by atoms with van der Waals surface area (Å²) in [6.45, 7) is 14.5. The lowest BCUT2D eigenvalue weighted by Gasteiger charge is -2.36. The zero-order valence-corrected chi connectivity index (χ0v) is 59.0. The molecule has 0 aliphatic carbocycles. The monoisotopic (exact) mass is 1590 g/mol. The highest BCUT2D eigenvalue weighted by atomic mass is 128. The van der Waals surface area contributed by atoms with Gasteiger partial charge >= 0.3 is 11.9 Å². The molecule has 4 aromatic rings. The van der Waals surface area contributed by atoms with Gasteiger partial charge in [-0.2, -0.15) is 0 Å². The topological polar surface area (TPSA) is 156 Å². The van der Waals surface area contributed by atoms with Crippen molar-refractivity contribution in [1.82, 2.24) is 9.80 Å². The third-order valence-corrected chi connectivity index (χ3v) is 17.0. The number of rotatable bonds is 28. The first-order valence-electron chi connectivity index (χ1n) is 29.9. The van der Waals surface area contributed by atoms with Crippen LogP contribution >= 0.6 is 108 Å². The number of carbonyl (C=O) groups excluding carboxylic acids is 3. The van der Waals surface area contributed by atoms with E-state index in [0.29, 0.717) is 65.4 Å². The van der Waals surface area contributed by atoms with Gasteiger partial charge in [0.05, 0.1) is 56.1 Å². The Morgan fingerprint density at radius 3 is 1.40 bits per heavy atom. The first kappa shape index (κ1) is 74.7. The lowest BCUT2D eigenvalue weighted by atomic mass is 10.0. The summed E-state index contributed by atoms with van der Waals surface area (Å²) in [5, 5.41) is 19.7. The molecule has 0 aromatic heterocycles. The fourth-order valence-electron chi connectivity index (χ4n) is 10.5. The van der Waals surface area contributed by atoms with Crippen molar-refractivity contribution in [3.63, 3.8) is 0 Å². The summed E-state index contributed by atoms with van der Waals surface area (Å²) in [6.07, 6.45) is 17.7. The number of aliphatic carboxylic acids is 1. The summed E-state index contributed by atoms with van der Waals surface area (Å²) in [5.74, 6) is 0.429. The largest absolute Gasteiger partial charge is 0.494 e. The molecule has 2 amide bonds. The van der Waals surface area contributed by atoms with E-state index in [1.54, 1.807) is 11.8 Å². The highest BCUT2D eigenvalue weighted by Crippen LogP contribution is 2.36. The normalized spacial score (nSPS) is 15.0. The minimum atomic E-state index is -0.745. The van der Waals surface area contributed by atoms with Gasteiger partial charge in [0.15, 0.2) is 6.73 Å². The number of carboxylic acid groups (broad SMARTS) is 1. The van der Waals surface area contributed by atoms with Crippen LogP contribution in [0, 0.1) is 0 Å². The maximum Gasteiger partial charge on any atom is 0.307 e. The van der Waals surface area contributed by atoms with Crippen LogP contribution in [0.1, 0.15) is 134 Å². The van der Waals surface area contributed by atoms with E-state index in [1.807, 2.05) is 72.8 Å². The number of nitrogens with zero attached hydrogens (tertiary/aromatic N) is 6. The van der Waals surface area contributed by atoms with Crippen molar-refractivity contribution in [3.05, 3.63) is 104 Å². The van der Waals surface area contributed by atoms with Crippen molar-refractivity contribution in [2.24, 2.45) is 0 Å². The van der Waals surface area contributed by atoms with Gasteiger partial charge in [0.2, 0.25) is 11.8 Å². The van der Waals surface area contributed by atoms with Crippen LogP contribution in [0.2, 0.25) is 20.1 Å². The van der Waals surface area contributed by atoms with Gasteiger partial charge in [0.1, 0.15) is 18.2 Å².